The van der Waals surface area contributed by atoms with Crippen LogP contribution in [0.3, 0.4) is 0 Å². The maximum atomic E-state index is 14.5. The maximum absolute atomic E-state index is 14.5. The Bertz CT molecular complexity index is 1760. The molecule has 2 unspecified atom stereocenters. The van der Waals surface area contributed by atoms with Gasteiger partial charge in [-0.15, -0.1) is 6.58 Å². The number of amides is 1. The number of rotatable bonds is 13. The van der Waals surface area contributed by atoms with Gasteiger partial charge in [-0.2, -0.15) is 0 Å². The molecule has 2 N–H and O–H groups in total. The number of fused-ring (bicyclic) bond motifs is 3. The minimum atomic E-state index is -2.52. The Hall–Kier alpha value is -3.31. The number of Topliss-reactive ketones (excluding diaryl/α,β-unsaturated/α-hetero) is 2. The van der Waals surface area contributed by atoms with Crippen molar-refractivity contribution in [3.05, 3.63) is 36.0 Å². The van der Waals surface area contributed by atoms with E-state index in [2.05, 4.69) is 12.7 Å². The van der Waals surface area contributed by atoms with Crippen LogP contribution < -0.4 is 0 Å². The van der Waals surface area contributed by atoms with Crippen LogP contribution in [0.2, 0.25) is 0 Å². The summed E-state index contributed by atoms with van der Waals surface area (Å²) in [5.41, 5.74) is 1.64. The Morgan fingerprint density at radius 1 is 0.896 bits per heavy atom. The van der Waals surface area contributed by atoms with E-state index in [1.165, 1.54) is 19.1 Å². The van der Waals surface area contributed by atoms with Gasteiger partial charge in [0.05, 0.1) is 43.0 Å². The smallest absolute Gasteiger partial charge is 0.329 e. The molecule has 0 spiro atoms. The van der Waals surface area contributed by atoms with Crippen molar-refractivity contribution in [2.45, 2.75) is 185 Å². The predicted molar refractivity (Wildman–Crippen MR) is 249 cm³/mol. The van der Waals surface area contributed by atoms with E-state index in [1.54, 1.807) is 27.0 Å². The van der Waals surface area contributed by atoms with Crippen LogP contribution in [0.15, 0.2) is 36.0 Å². The minimum absolute atomic E-state index is 0.00193. The second kappa shape index (κ2) is 25.5. The lowest BCUT2D eigenvalue weighted by Gasteiger charge is -2.47. The molecule has 4 aliphatic heterocycles. The highest BCUT2D eigenvalue weighted by Crippen LogP contribution is 2.39. The number of carbonyl (C=O) groups is 5. The van der Waals surface area contributed by atoms with Crippen molar-refractivity contribution in [2.24, 2.45) is 35.5 Å². The zero-order chi connectivity index (χ0) is 49.0. The zero-order valence-electron chi connectivity index (χ0n) is 41.5. The number of ether oxygens (including phenoxy) is 7. The topological polar surface area (TPSA) is 194 Å². The van der Waals surface area contributed by atoms with Crippen LogP contribution >= 0.6 is 0 Å². The molecule has 0 radical (unpaired) electrons. The zero-order valence-corrected chi connectivity index (χ0v) is 41.5. The number of unbranched alkanes of at least 4 members (excludes halogenated alkanes) is 1. The highest BCUT2D eigenvalue weighted by molar-refractivity contribution is 6.39. The fraction of sp³-hybridized carbons (Fsp3) is 0.788. The van der Waals surface area contributed by atoms with Gasteiger partial charge >= 0.3 is 11.9 Å². The number of ketones is 2. The molecule has 0 aromatic heterocycles. The summed E-state index contributed by atoms with van der Waals surface area (Å²) in [6.07, 6.45) is 9.26. The molecule has 67 heavy (non-hydrogen) atoms. The molecule has 1 saturated carbocycles. The molecule has 5 rings (SSSR count). The maximum Gasteiger partial charge on any atom is 0.329 e. The minimum Gasteiger partial charge on any atom is -0.465 e. The van der Waals surface area contributed by atoms with E-state index >= 15 is 0 Å². The number of hydrogen-bond donors (Lipinski definition) is 2. The van der Waals surface area contributed by atoms with Crippen LogP contribution in [0.4, 0.5) is 0 Å². The fourth-order valence-corrected chi connectivity index (χ4v) is 11.1. The molecular weight excluding hydrogens is 863 g/mol. The monoisotopic (exact) mass is 944 g/mol. The molecule has 1 amide bonds. The molecule has 5 aliphatic rings. The van der Waals surface area contributed by atoms with Crippen LogP contribution in [0.1, 0.15) is 131 Å². The first-order valence-corrected chi connectivity index (χ1v) is 25.0. The van der Waals surface area contributed by atoms with Crippen molar-refractivity contribution in [3.8, 4) is 0 Å². The average Bonchev–Trinajstić information content (AvgIpc) is 3.73. The first kappa shape index (κ1) is 54.6. The van der Waals surface area contributed by atoms with Gasteiger partial charge in [-0.1, -0.05) is 51.0 Å². The van der Waals surface area contributed by atoms with Gasteiger partial charge < -0.3 is 48.3 Å². The summed E-state index contributed by atoms with van der Waals surface area (Å²) in [5, 5.41) is 24.0. The summed E-state index contributed by atoms with van der Waals surface area (Å²) in [6.45, 7) is 14.3. The number of nitrogens with zero attached hydrogens (tertiary/aromatic N) is 1. The average molecular weight is 944 g/mol. The summed E-state index contributed by atoms with van der Waals surface area (Å²) in [4.78, 5) is 70.4. The number of cyclic esters (lactones) is 2. The molecule has 2 bridgehead atoms. The van der Waals surface area contributed by atoms with Crippen LogP contribution in [-0.2, 0) is 57.1 Å². The van der Waals surface area contributed by atoms with E-state index in [0.29, 0.717) is 57.3 Å². The molecule has 15 heteroatoms. The van der Waals surface area contributed by atoms with E-state index in [9.17, 15) is 34.2 Å². The number of methoxy groups -OCH3 is 3. The summed E-state index contributed by atoms with van der Waals surface area (Å²) >= 11 is 0. The molecule has 1 aliphatic carbocycles. The number of aliphatic hydroxyl groups excluding tert-OH is 1. The summed E-state index contributed by atoms with van der Waals surface area (Å²) in [7, 11) is 4.73. The number of allylic oxidation sites excluding steroid dienone is 4. The third-order valence-corrected chi connectivity index (χ3v) is 15.2. The van der Waals surface area contributed by atoms with E-state index in [-0.39, 0.29) is 67.5 Å². The molecule has 3 saturated heterocycles. The van der Waals surface area contributed by atoms with Gasteiger partial charge in [-0.3, -0.25) is 19.2 Å². The van der Waals surface area contributed by atoms with Gasteiger partial charge in [0.25, 0.3) is 11.7 Å². The van der Waals surface area contributed by atoms with E-state index < -0.39 is 77.8 Å². The highest BCUT2D eigenvalue weighted by atomic mass is 16.7. The lowest BCUT2D eigenvalue weighted by atomic mass is 9.81. The van der Waals surface area contributed by atoms with Crippen molar-refractivity contribution in [1.29, 1.82) is 0 Å². The number of carbonyl (C=O) groups excluding carboxylic acids is 5. The molecule has 15 atom stereocenters. The highest BCUT2D eigenvalue weighted by Gasteiger charge is 2.56. The predicted octanol–water partition coefficient (Wildman–Crippen LogP) is 6.40. The molecule has 378 valence electrons. The van der Waals surface area contributed by atoms with Crippen LogP contribution in [-0.4, -0.2) is 140 Å². The summed E-state index contributed by atoms with van der Waals surface area (Å²) in [5.74, 6) is -7.89. The van der Waals surface area contributed by atoms with Crippen LogP contribution in [0.25, 0.3) is 0 Å². The molecule has 0 aromatic rings. The Kier molecular flexibility index (Phi) is 20.8. The van der Waals surface area contributed by atoms with E-state index in [0.717, 1.165) is 44.1 Å². The Morgan fingerprint density at radius 3 is 2.28 bits per heavy atom. The standard InChI is InChI=1S/C52H81NO14/c1-10-15-38-25-31(2)24-32(3)26-44(62-8)47-45(63-9)28-34(5)52(60,67-47)48(56)49(57)53-21-13-11-17-39(53)51(59)66-46(35(6)40(54)30-41(38)55)33(4)27-36-18-19-42(43(29-36)61-7)64-22-14-12-16-37-20-23-65-50(37)58/h10,25,27,32,34-40,42-47,54,60H,1,11-24,26,28-30H2,2-9H3/b31-25+,33-27+/t32-,34+,35+,36+,37?,38+,39-,40-,42+,43+,44-,45-,46?,47+,52+/m0/s1. The van der Waals surface area contributed by atoms with Crippen molar-refractivity contribution in [1.82, 2.24) is 4.90 Å². The Balaban J connectivity index is 1.42. The lowest BCUT2D eigenvalue weighted by molar-refractivity contribution is -0.302. The van der Waals surface area contributed by atoms with Crippen molar-refractivity contribution < 1.29 is 67.3 Å². The third-order valence-electron chi connectivity index (χ3n) is 15.2. The number of esters is 2. The van der Waals surface area contributed by atoms with E-state index in [4.69, 9.17) is 33.2 Å². The van der Waals surface area contributed by atoms with Crippen molar-refractivity contribution >= 4 is 29.4 Å². The van der Waals surface area contributed by atoms with E-state index in [1.807, 2.05) is 26.8 Å². The van der Waals surface area contributed by atoms with Crippen LogP contribution in [0, 0.1) is 35.5 Å². The number of piperidine rings is 1. The first-order chi connectivity index (χ1) is 31.9. The van der Waals surface area contributed by atoms with Gasteiger partial charge in [-0.25, -0.2) is 4.79 Å². The molecular formula is C52H81NO14. The molecule has 15 nitrogen and oxygen atoms in total. The van der Waals surface area contributed by atoms with Gasteiger partial charge in [0, 0.05) is 58.7 Å². The molecule has 4 fully saturated rings. The second-order valence-corrected chi connectivity index (χ2v) is 20.3. The quantitative estimate of drug-likeness (QED) is 0.0892. The van der Waals surface area contributed by atoms with Crippen LogP contribution in [0.5, 0.6) is 0 Å². The second-order valence-electron chi connectivity index (χ2n) is 20.3. The molecule has 0 aromatic carbocycles. The number of hydrogen-bond acceptors (Lipinski definition) is 14. The van der Waals surface area contributed by atoms with Crippen molar-refractivity contribution in [2.75, 3.05) is 41.1 Å². The third kappa shape index (κ3) is 13.9. The Morgan fingerprint density at radius 2 is 1.61 bits per heavy atom. The lowest BCUT2D eigenvalue weighted by Crippen LogP contribution is -2.64. The first-order valence-electron chi connectivity index (χ1n) is 25.0. The van der Waals surface area contributed by atoms with Gasteiger partial charge in [0.15, 0.2) is 0 Å². The van der Waals surface area contributed by atoms with Crippen molar-refractivity contribution in [3.63, 3.8) is 0 Å². The SMILES string of the molecule is C=CC[C@@H]1/C=C(\C)C[C@H](C)C[C@H](OC)[C@H]2O[C@@](O)(C(=O)C(=O)N3CCCC[C@H]3C(=O)OC(/C(C)=C/[C@H]3CC[C@@H](OCCCCC4CCOC4=O)[C@H](OC)C3)[C@H](C)[C@@H](O)CC1=O)[C@H](C)C[C@@H]2OC. The fourth-order valence-electron chi connectivity index (χ4n) is 11.1. The molecule has 4 heterocycles. The number of aliphatic hydroxyl groups is 2. The largest absolute Gasteiger partial charge is 0.465 e. The summed E-state index contributed by atoms with van der Waals surface area (Å²) in [6, 6.07) is -1.15. The summed E-state index contributed by atoms with van der Waals surface area (Å²) < 4.78 is 41.8. The normalized spacial score (nSPS) is 38.8. The van der Waals surface area contributed by atoms with Gasteiger partial charge in [0.1, 0.15) is 24.0 Å². The van der Waals surface area contributed by atoms with Gasteiger partial charge in [-0.05, 0) is 115 Å². The Labute approximate surface area is 398 Å². The van der Waals surface area contributed by atoms with Gasteiger partial charge in [0.2, 0.25) is 5.79 Å².